The second-order valence-corrected chi connectivity index (χ2v) is 5.42. The summed E-state index contributed by atoms with van der Waals surface area (Å²) in [6.45, 7) is 3.81. The Morgan fingerprint density at radius 3 is 2.59 bits per heavy atom. The van der Waals surface area contributed by atoms with E-state index < -0.39 is 0 Å². The first-order valence-corrected chi connectivity index (χ1v) is 7.33. The molecule has 0 N–H and O–H groups in total. The molecule has 1 heterocycles. The van der Waals surface area contributed by atoms with Crippen LogP contribution in [0.4, 0.5) is 0 Å². The molecule has 0 saturated carbocycles. The van der Waals surface area contributed by atoms with Crippen LogP contribution in [0.5, 0.6) is 5.75 Å². The molecule has 5 heteroatoms. The first-order chi connectivity index (χ1) is 10.6. The summed E-state index contributed by atoms with van der Waals surface area (Å²) in [6.07, 6.45) is -0.343. The van der Waals surface area contributed by atoms with Crippen LogP contribution in [0.3, 0.4) is 0 Å². The van der Waals surface area contributed by atoms with E-state index in [1.807, 2.05) is 56.3 Å². The first-order valence-electron chi connectivity index (χ1n) is 6.95. The summed E-state index contributed by atoms with van der Waals surface area (Å²) in [6, 6.07) is 15.1. The van der Waals surface area contributed by atoms with Gasteiger partial charge in [0.05, 0.1) is 0 Å². The van der Waals surface area contributed by atoms with E-state index in [-0.39, 0.29) is 6.10 Å². The largest absolute Gasteiger partial charge is 0.481 e. The predicted molar refractivity (Wildman–Crippen MR) is 85.0 cm³/mol. The highest BCUT2D eigenvalue weighted by atomic mass is 35.5. The molecule has 0 aliphatic heterocycles. The molecule has 0 amide bonds. The van der Waals surface area contributed by atoms with Crippen LogP contribution in [0, 0.1) is 6.92 Å². The van der Waals surface area contributed by atoms with Gasteiger partial charge in [-0.05, 0) is 49.7 Å². The Hall–Kier alpha value is -2.33. The van der Waals surface area contributed by atoms with Gasteiger partial charge in [0.2, 0.25) is 5.89 Å². The van der Waals surface area contributed by atoms with E-state index in [9.17, 15) is 0 Å². The van der Waals surface area contributed by atoms with Gasteiger partial charge in [0, 0.05) is 10.6 Å². The molecule has 3 aromatic rings. The van der Waals surface area contributed by atoms with Crippen molar-refractivity contribution in [2.24, 2.45) is 0 Å². The molecule has 4 nitrogen and oxygen atoms in total. The lowest BCUT2D eigenvalue weighted by Crippen LogP contribution is -2.04. The van der Waals surface area contributed by atoms with Crippen molar-refractivity contribution in [1.29, 1.82) is 0 Å². The number of hydrogen-bond donors (Lipinski definition) is 0. The fourth-order valence-electron chi connectivity index (χ4n) is 2.08. The highest BCUT2D eigenvalue weighted by Gasteiger charge is 2.17. The summed E-state index contributed by atoms with van der Waals surface area (Å²) in [5.74, 6) is 1.67. The third kappa shape index (κ3) is 3.12. The molecular weight excluding hydrogens is 300 g/mol. The number of halogens is 1. The zero-order valence-electron chi connectivity index (χ0n) is 12.3. The minimum absolute atomic E-state index is 0.343. The smallest absolute Gasteiger partial charge is 0.257 e. The van der Waals surface area contributed by atoms with E-state index in [2.05, 4.69) is 10.2 Å². The molecule has 2 aromatic carbocycles. The molecule has 1 atom stereocenters. The first kappa shape index (κ1) is 14.6. The van der Waals surface area contributed by atoms with Crippen LogP contribution in [0.25, 0.3) is 11.5 Å². The number of aryl methyl sites for hydroxylation is 1. The van der Waals surface area contributed by atoms with E-state index in [0.29, 0.717) is 16.8 Å². The predicted octanol–water partition coefficient (Wildman–Crippen LogP) is 4.84. The standard InChI is InChI=1S/C17H15ClN2O2/c1-11-10-14(18)8-9-15(11)21-12(2)16-19-20-17(22-16)13-6-4-3-5-7-13/h3-10,12H,1-2H3. The minimum Gasteiger partial charge on any atom is -0.481 e. The second kappa shape index (κ2) is 6.20. The number of ether oxygens (including phenoxy) is 1. The van der Waals surface area contributed by atoms with Crippen molar-refractivity contribution in [3.63, 3.8) is 0 Å². The highest BCUT2D eigenvalue weighted by Crippen LogP contribution is 2.28. The molecular formula is C17H15ClN2O2. The Morgan fingerprint density at radius 2 is 1.86 bits per heavy atom. The van der Waals surface area contributed by atoms with Crippen molar-refractivity contribution >= 4 is 11.6 Å². The van der Waals surface area contributed by atoms with Gasteiger partial charge in [0.25, 0.3) is 5.89 Å². The summed E-state index contributed by atoms with van der Waals surface area (Å²) in [4.78, 5) is 0. The minimum atomic E-state index is -0.343. The Bertz CT molecular complexity index is 771. The van der Waals surface area contributed by atoms with Crippen molar-refractivity contribution < 1.29 is 9.15 Å². The molecule has 3 rings (SSSR count). The summed E-state index contributed by atoms with van der Waals surface area (Å²) in [7, 11) is 0. The SMILES string of the molecule is Cc1cc(Cl)ccc1OC(C)c1nnc(-c2ccccc2)o1. The maximum absolute atomic E-state index is 5.95. The normalized spacial score (nSPS) is 12.1. The molecule has 0 radical (unpaired) electrons. The molecule has 0 aliphatic rings. The van der Waals surface area contributed by atoms with Crippen molar-refractivity contribution in [3.8, 4) is 17.2 Å². The second-order valence-electron chi connectivity index (χ2n) is 4.98. The molecule has 0 fully saturated rings. The average molecular weight is 315 g/mol. The van der Waals surface area contributed by atoms with E-state index in [1.54, 1.807) is 6.07 Å². The maximum Gasteiger partial charge on any atom is 0.257 e. The lowest BCUT2D eigenvalue weighted by molar-refractivity contribution is 0.188. The van der Waals surface area contributed by atoms with Crippen LogP contribution in [-0.4, -0.2) is 10.2 Å². The van der Waals surface area contributed by atoms with Crippen molar-refractivity contribution in [2.75, 3.05) is 0 Å². The van der Waals surface area contributed by atoms with Gasteiger partial charge in [-0.15, -0.1) is 10.2 Å². The van der Waals surface area contributed by atoms with Gasteiger partial charge in [-0.25, -0.2) is 0 Å². The molecule has 0 spiro atoms. The molecule has 0 saturated heterocycles. The van der Waals surface area contributed by atoms with Gasteiger partial charge in [-0.1, -0.05) is 29.8 Å². The lowest BCUT2D eigenvalue weighted by atomic mass is 10.2. The molecule has 1 aromatic heterocycles. The van der Waals surface area contributed by atoms with Crippen LogP contribution in [0.15, 0.2) is 52.9 Å². The van der Waals surface area contributed by atoms with Crippen LogP contribution < -0.4 is 4.74 Å². The number of rotatable bonds is 4. The Balaban J connectivity index is 1.78. The fraction of sp³-hybridized carbons (Fsp3) is 0.176. The molecule has 22 heavy (non-hydrogen) atoms. The van der Waals surface area contributed by atoms with E-state index in [1.165, 1.54) is 0 Å². The molecule has 0 aliphatic carbocycles. The lowest BCUT2D eigenvalue weighted by Gasteiger charge is -2.13. The number of hydrogen-bond acceptors (Lipinski definition) is 4. The van der Waals surface area contributed by atoms with E-state index in [4.69, 9.17) is 20.8 Å². The maximum atomic E-state index is 5.95. The van der Waals surface area contributed by atoms with Gasteiger partial charge in [0.1, 0.15) is 5.75 Å². The number of benzene rings is 2. The van der Waals surface area contributed by atoms with E-state index in [0.717, 1.165) is 16.9 Å². The topological polar surface area (TPSA) is 48.2 Å². The fourth-order valence-corrected chi connectivity index (χ4v) is 2.31. The van der Waals surface area contributed by atoms with Crippen LogP contribution in [0.2, 0.25) is 5.02 Å². The van der Waals surface area contributed by atoms with E-state index >= 15 is 0 Å². The summed E-state index contributed by atoms with van der Waals surface area (Å²) < 4.78 is 11.6. The zero-order chi connectivity index (χ0) is 15.5. The third-order valence-electron chi connectivity index (χ3n) is 3.25. The monoisotopic (exact) mass is 314 g/mol. The van der Waals surface area contributed by atoms with Gasteiger partial charge < -0.3 is 9.15 Å². The van der Waals surface area contributed by atoms with Gasteiger partial charge in [0.15, 0.2) is 6.10 Å². The summed E-state index contributed by atoms with van der Waals surface area (Å²) in [5, 5.41) is 8.82. The van der Waals surface area contributed by atoms with Crippen molar-refractivity contribution in [3.05, 3.63) is 65.0 Å². The van der Waals surface area contributed by atoms with Crippen LogP contribution >= 0.6 is 11.6 Å². The zero-order valence-corrected chi connectivity index (χ0v) is 13.0. The summed E-state index contributed by atoms with van der Waals surface area (Å²) in [5.41, 5.74) is 1.85. The Morgan fingerprint density at radius 1 is 1.09 bits per heavy atom. The van der Waals surface area contributed by atoms with Crippen molar-refractivity contribution in [1.82, 2.24) is 10.2 Å². The molecule has 112 valence electrons. The van der Waals surface area contributed by atoms with Crippen molar-refractivity contribution in [2.45, 2.75) is 20.0 Å². The van der Waals surface area contributed by atoms with Gasteiger partial charge in [-0.3, -0.25) is 0 Å². The average Bonchev–Trinajstić information content (AvgIpc) is 3.01. The van der Waals surface area contributed by atoms with Gasteiger partial charge >= 0.3 is 0 Å². The quantitative estimate of drug-likeness (QED) is 0.691. The van der Waals surface area contributed by atoms with Gasteiger partial charge in [-0.2, -0.15) is 0 Å². The van der Waals surface area contributed by atoms with Crippen LogP contribution in [-0.2, 0) is 0 Å². The molecule has 1 unspecified atom stereocenters. The third-order valence-corrected chi connectivity index (χ3v) is 3.48. The van der Waals surface area contributed by atoms with Crippen LogP contribution in [0.1, 0.15) is 24.5 Å². The highest BCUT2D eigenvalue weighted by molar-refractivity contribution is 6.30. The number of aromatic nitrogens is 2. The molecule has 0 bridgehead atoms. The Labute approximate surface area is 133 Å². The Kier molecular flexibility index (Phi) is 4.11. The number of nitrogens with zero attached hydrogens (tertiary/aromatic N) is 2. The summed E-state index contributed by atoms with van der Waals surface area (Å²) >= 11 is 5.95.